The zero-order valence-electron chi connectivity index (χ0n) is 9.45. The van der Waals surface area contributed by atoms with E-state index >= 15 is 0 Å². The Morgan fingerprint density at radius 1 is 1.00 bits per heavy atom. The molecule has 2 fully saturated rings. The summed E-state index contributed by atoms with van der Waals surface area (Å²) >= 11 is 0. The summed E-state index contributed by atoms with van der Waals surface area (Å²) in [6.07, 6.45) is 8.93. The van der Waals surface area contributed by atoms with Gasteiger partial charge in [0.25, 0.3) is 0 Å². The molecule has 2 atom stereocenters. The second-order valence-corrected chi connectivity index (χ2v) is 5.03. The van der Waals surface area contributed by atoms with Gasteiger partial charge in [0.1, 0.15) is 0 Å². The van der Waals surface area contributed by atoms with Gasteiger partial charge in [-0.1, -0.05) is 19.3 Å². The van der Waals surface area contributed by atoms with E-state index in [-0.39, 0.29) is 5.92 Å². The molecule has 2 nitrogen and oxygen atoms in total. The number of nitriles is 1. The number of hydrogen-bond donors (Lipinski definition) is 0. The Morgan fingerprint density at radius 3 is 2.33 bits per heavy atom. The molecule has 0 N–H and O–H groups in total. The lowest BCUT2D eigenvalue weighted by Crippen LogP contribution is -2.30. The van der Waals surface area contributed by atoms with E-state index in [0.717, 1.165) is 19.6 Å². The fourth-order valence-electron chi connectivity index (χ4n) is 3.14. The molecule has 84 valence electrons. The topological polar surface area (TPSA) is 33.0 Å². The first-order valence-corrected chi connectivity index (χ1v) is 6.39. The van der Waals surface area contributed by atoms with Gasteiger partial charge in [0.05, 0.1) is 18.6 Å². The van der Waals surface area contributed by atoms with Crippen LogP contribution in [0.3, 0.4) is 0 Å². The van der Waals surface area contributed by atoms with Crippen molar-refractivity contribution in [2.24, 2.45) is 17.8 Å². The summed E-state index contributed by atoms with van der Waals surface area (Å²) in [6.45, 7) is 1.73. The van der Waals surface area contributed by atoms with E-state index in [1.165, 1.54) is 38.5 Å². The Kier molecular flexibility index (Phi) is 4.02. The van der Waals surface area contributed by atoms with Gasteiger partial charge >= 0.3 is 0 Å². The average molecular weight is 207 g/mol. The third-order valence-electron chi connectivity index (χ3n) is 4.01. The Hall–Kier alpha value is -0.550. The van der Waals surface area contributed by atoms with Crippen LogP contribution in [0, 0.1) is 29.1 Å². The van der Waals surface area contributed by atoms with Crippen LogP contribution in [0.4, 0.5) is 0 Å². The molecule has 1 saturated heterocycles. The fourth-order valence-corrected chi connectivity index (χ4v) is 3.14. The summed E-state index contributed by atoms with van der Waals surface area (Å²) < 4.78 is 5.50. The highest BCUT2D eigenvalue weighted by molar-refractivity contribution is 4.94. The van der Waals surface area contributed by atoms with Crippen molar-refractivity contribution in [1.29, 1.82) is 5.26 Å². The predicted octanol–water partition coefficient (Wildman–Crippen LogP) is 3.13. The summed E-state index contributed by atoms with van der Waals surface area (Å²) in [5.41, 5.74) is 0. The van der Waals surface area contributed by atoms with Crippen LogP contribution in [0.2, 0.25) is 0 Å². The van der Waals surface area contributed by atoms with Crippen LogP contribution >= 0.6 is 0 Å². The first-order chi connectivity index (χ1) is 7.42. The maximum atomic E-state index is 9.32. The Labute approximate surface area is 92.6 Å². The van der Waals surface area contributed by atoms with Crippen molar-refractivity contribution in [3.8, 4) is 6.07 Å². The number of rotatable bonds is 2. The highest BCUT2D eigenvalue weighted by Crippen LogP contribution is 2.36. The van der Waals surface area contributed by atoms with E-state index in [4.69, 9.17) is 4.74 Å². The highest BCUT2D eigenvalue weighted by Gasteiger charge is 2.31. The molecule has 1 aliphatic heterocycles. The molecule has 2 unspecified atom stereocenters. The van der Waals surface area contributed by atoms with Crippen LogP contribution in [0.25, 0.3) is 0 Å². The van der Waals surface area contributed by atoms with Crippen molar-refractivity contribution in [1.82, 2.24) is 0 Å². The summed E-state index contributed by atoms with van der Waals surface area (Å²) in [5.74, 6) is 1.45. The quantitative estimate of drug-likeness (QED) is 0.697. The first-order valence-electron chi connectivity index (χ1n) is 6.39. The molecular weight excluding hydrogens is 186 g/mol. The third-order valence-corrected chi connectivity index (χ3v) is 4.01. The SMILES string of the molecule is N#CC(C1CCCCC1)C1CCCOC1. The Bertz CT molecular complexity index is 203. The van der Waals surface area contributed by atoms with E-state index < -0.39 is 0 Å². The minimum Gasteiger partial charge on any atom is -0.381 e. The summed E-state index contributed by atoms with van der Waals surface area (Å²) in [5, 5.41) is 9.32. The Balaban J connectivity index is 1.92. The van der Waals surface area contributed by atoms with Crippen molar-refractivity contribution in [2.75, 3.05) is 13.2 Å². The van der Waals surface area contributed by atoms with Gasteiger partial charge in [-0.15, -0.1) is 0 Å². The maximum absolute atomic E-state index is 9.32. The summed E-state index contributed by atoms with van der Waals surface area (Å²) in [4.78, 5) is 0. The van der Waals surface area contributed by atoms with E-state index in [1.54, 1.807) is 0 Å². The van der Waals surface area contributed by atoms with Gasteiger partial charge in [-0.2, -0.15) is 5.26 Å². The summed E-state index contributed by atoms with van der Waals surface area (Å²) in [6, 6.07) is 2.56. The maximum Gasteiger partial charge on any atom is 0.0662 e. The molecule has 0 spiro atoms. The Morgan fingerprint density at radius 2 is 1.73 bits per heavy atom. The summed E-state index contributed by atoms with van der Waals surface area (Å²) in [7, 11) is 0. The molecule has 0 radical (unpaired) electrons. The zero-order valence-corrected chi connectivity index (χ0v) is 9.45. The lowest BCUT2D eigenvalue weighted by molar-refractivity contribution is 0.0255. The van der Waals surface area contributed by atoms with Crippen molar-refractivity contribution in [3.05, 3.63) is 0 Å². The van der Waals surface area contributed by atoms with Gasteiger partial charge in [0, 0.05) is 6.61 Å². The van der Waals surface area contributed by atoms with Crippen LogP contribution < -0.4 is 0 Å². The van der Waals surface area contributed by atoms with Crippen molar-refractivity contribution in [2.45, 2.75) is 44.9 Å². The second kappa shape index (κ2) is 5.51. The molecule has 15 heavy (non-hydrogen) atoms. The van der Waals surface area contributed by atoms with Gasteiger partial charge in [-0.25, -0.2) is 0 Å². The highest BCUT2D eigenvalue weighted by atomic mass is 16.5. The average Bonchev–Trinajstić information content (AvgIpc) is 2.33. The van der Waals surface area contributed by atoms with E-state index in [1.807, 2.05) is 0 Å². The van der Waals surface area contributed by atoms with Crippen molar-refractivity contribution >= 4 is 0 Å². The van der Waals surface area contributed by atoms with Crippen molar-refractivity contribution < 1.29 is 4.74 Å². The number of nitrogens with zero attached hydrogens (tertiary/aromatic N) is 1. The van der Waals surface area contributed by atoms with Crippen LogP contribution in [0.5, 0.6) is 0 Å². The molecule has 0 aromatic rings. The van der Waals surface area contributed by atoms with Gasteiger partial charge in [0.15, 0.2) is 0 Å². The second-order valence-electron chi connectivity index (χ2n) is 5.03. The standard InChI is InChI=1S/C13H21NO/c14-9-13(11-5-2-1-3-6-11)12-7-4-8-15-10-12/h11-13H,1-8,10H2. The van der Waals surface area contributed by atoms with Crippen molar-refractivity contribution in [3.63, 3.8) is 0 Å². The zero-order chi connectivity index (χ0) is 10.5. The molecule has 0 bridgehead atoms. The largest absolute Gasteiger partial charge is 0.381 e. The van der Waals surface area contributed by atoms with E-state index in [2.05, 4.69) is 6.07 Å². The van der Waals surface area contributed by atoms with E-state index in [0.29, 0.717) is 11.8 Å². The minimum absolute atomic E-state index is 0.269. The lowest BCUT2D eigenvalue weighted by atomic mass is 9.73. The van der Waals surface area contributed by atoms with Gasteiger partial charge in [-0.05, 0) is 37.5 Å². The van der Waals surface area contributed by atoms with E-state index in [9.17, 15) is 5.26 Å². The predicted molar refractivity (Wildman–Crippen MR) is 59.2 cm³/mol. The molecule has 1 heterocycles. The number of ether oxygens (including phenoxy) is 1. The van der Waals surface area contributed by atoms with Crippen LogP contribution in [0.1, 0.15) is 44.9 Å². The normalized spacial score (nSPS) is 30.7. The van der Waals surface area contributed by atoms with Gasteiger partial charge in [-0.3, -0.25) is 0 Å². The van der Waals surface area contributed by atoms with Crippen LogP contribution in [0.15, 0.2) is 0 Å². The molecule has 0 aromatic heterocycles. The third kappa shape index (κ3) is 2.72. The molecule has 0 aromatic carbocycles. The van der Waals surface area contributed by atoms with Crippen LogP contribution in [-0.2, 0) is 4.74 Å². The molecule has 1 saturated carbocycles. The minimum atomic E-state index is 0.269. The van der Waals surface area contributed by atoms with Gasteiger partial charge < -0.3 is 4.74 Å². The first kappa shape index (κ1) is 11.0. The monoisotopic (exact) mass is 207 g/mol. The number of hydrogen-bond acceptors (Lipinski definition) is 2. The lowest BCUT2D eigenvalue weighted by Gasteiger charge is -2.33. The molecule has 2 aliphatic rings. The van der Waals surface area contributed by atoms with Gasteiger partial charge in [0.2, 0.25) is 0 Å². The molecule has 1 aliphatic carbocycles. The molecular formula is C13H21NO. The van der Waals surface area contributed by atoms with Crippen LogP contribution in [-0.4, -0.2) is 13.2 Å². The molecule has 0 amide bonds. The smallest absolute Gasteiger partial charge is 0.0662 e. The molecule has 2 rings (SSSR count). The fraction of sp³-hybridized carbons (Fsp3) is 0.923. The molecule has 2 heteroatoms.